The third-order valence-electron chi connectivity index (χ3n) is 3.04. The van der Waals surface area contributed by atoms with Crippen LogP contribution in [0, 0.1) is 5.92 Å². The lowest BCUT2D eigenvalue weighted by atomic mass is 10.3. The highest BCUT2D eigenvalue weighted by atomic mass is 35.5. The molecule has 0 radical (unpaired) electrons. The van der Waals surface area contributed by atoms with Crippen molar-refractivity contribution in [2.45, 2.75) is 12.8 Å². The van der Waals surface area contributed by atoms with Crippen LogP contribution < -0.4 is 15.8 Å². The van der Waals surface area contributed by atoms with Gasteiger partial charge in [-0.15, -0.1) is 0 Å². The van der Waals surface area contributed by atoms with Gasteiger partial charge in [-0.25, -0.2) is 9.97 Å². The summed E-state index contributed by atoms with van der Waals surface area (Å²) in [4.78, 5) is 19.7. The fourth-order valence-electron chi connectivity index (χ4n) is 1.73. The molecule has 1 fully saturated rings. The maximum Gasteiger partial charge on any atom is 0.228 e. The fourth-order valence-corrected chi connectivity index (χ4v) is 1.90. The molecule has 1 aromatic heterocycles. The standard InChI is InChI=1S/C14H13ClN4O2/c15-10-5-9(3-4-11(10)16)21-13-6-12(17-7-18-13)19-14(20)8-1-2-8/h3-8H,1-2,16H2,(H,17,18,19,20). The summed E-state index contributed by atoms with van der Waals surface area (Å²) in [5.74, 6) is 1.33. The van der Waals surface area contributed by atoms with Gasteiger partial charge >= 0.3 is 0 Å². The maximum atomic E-state index is 11.7. The van der Waals surface area contributed by atoms with Crippen molar-refractivity contribution in [1.29, 1.82) is 0 Å². The molecule has 1 heterocycles. The summed E-state index contributed by atoms with van der Waals surface area (Å²) in [6.07, 6.45) is 3.20. The Bertz CT molecular complexity index is 688. The minimum absolute atomic E-state index is 0.0184. The molecular weight excluding hydrogens is 292 g/mol. The van der Waals surface area contributed by atoms with Crippen molar-refractivity contribution in [3.8, 4) is 11.6 Å². The number of nitrogen functional groups attached to an aromatic ring is 1. The normalized spacial score (nSPS) is 13.8. The monoisotopic (exact) mass is 304 g/mol. The number of aromatic nitrogens is 2. The summed E-state index contributed by atoms with van der Waals surface area (Å²) in [6, 6.07) is 6.49. The van der Waals surface area contributed by atoms with Crippen molar-refractivity contribution in [1.82, 2.24) is 9.97 Å². The maximum absolute atomic E-state index is 11.7. The summed E-state index contributed by atoms with van der Waals surface area (Å²) in [6.45, 7) is 0. The predicted molar refractivity (Wildman–Crippen MR) is 79.3 cm³/mol. The van der Waals surface area contributed by atoms with E-state index in [4.69, 9.17) is 22.1 Å². The van der Waals surface area contributed by atoms with Crippen molar-refractivity contribution in [2.24, 2.45) is 5.92 Å². The van der Waals surface area contributed by atoms with E-state index in [-0.39, 0.29) is 11.8 Å². The Balaban J connectivity index is 1.72. The van der Waals surface area contributed by atoms with E-state index in [2.05, 4.69) is 15.3 Å². The molecule has 108 valence electrons. The van der Waals surface area contributed by atoms with Crippen molar-refractivity contribution >= 4 is 29.0 Å². The van der Waals surface area contributed by atoms with Gasteiger partial charge in [0.2, 0.25) is 11.8 Å². The molecule has 0 atom stereocenters. The molecule has 6 nitrogen and oxygen atoms in total. The van der Waals surface area contributed by atoms with Gasteiger partial charge in [0.25, 0.3) is 0 Å². The Labute approximate surface area is 126 Å². The van der Waals surface area contributed by atoms with Crippen LogP contribution in [-0.2, 0) is 4.79 Å². The molecule has 0 spiro atoms. The van der Waals surface area contributed by atoms with Crippen LogP contribution in [0.1, 0.15) is 12.8 Å². The van der Waals surface area contributed by atoms with Crippen LogP contribution in [0.3, 0.4) is 0 Å². The molecule has 1 aromatic carbocycles. The molecule has 21 heavy (non-hydrogen) atoms. The van der Waals surface area contributed by atoms with E-state index < -0.39 is 0 Å². The highest BCUT2D eigenvalue weighted by Crippen LogP contribution is 2.31. The first-order valence-electron chi connectivity index (χ1n) is 6.47. The number of benzene rings is 1. The average molecular weight is 305 g/mol. The Morgan fingerprint density at radius 3 is 2.86 bits per heavy atom. The van der Waals surface area contributed by atoms with Gasteiger partial charge in [0.1, 0.15) is 17.9 Å². The number of hydrogen-bond donors (Lipinski definition) is 2. The molecule has 1 saturated carbocycles. The molecule has 0 aliphatic heterocycles. The van der Waals surface area contributed by atoms with Crippen molar-refractivity contribution in [2.75, 3.05) is 11.1 Å². The average Bonchev–Trinajstić information content (AvgIpc) is 3.28. The Kier molecular flexibility index (Phi) is 3.62. The molecular formula is C14H13ClN4O2. The lowest BCUT2D eigenvalue weighted by Crippen LogP contribution is -2.14. The number of amides is 1. The summed E-state index contributed by atoms with van der Waals surface area (Å²) >= 11 is 5.93. The van der Waals surface area contributed by atoms with Gasteiger partial charge in [-0.05, 0) is 25.0 Å². The summed E-state index contributed by atoms with van der Waals surface area (Å²) in [7, 11) is 0. The zero-order valence-electron chi connectivity index (χ0n) is 11.0. The topological polar surface area (TPSA) is 90.1 Å². The van der Waals surface area contributed by atoms with Gasteiger partial charge in [0.15, 0.2) is 0 Å². The second-order valence-corrected chi connectivity index (χ2v) is 5.20. The zero-order chi connectivity index (χ0) is 14.8. The largest absolute Gasteiger partial charge is 0.439 e. The van der Waals surface area contributed by atoms with Crippen molar-refractivity contribution < 1.29 is 9.53 Å². The van der Waals surface area contributed by atoms with E-state index in [9.17, 15) is 4.79 Å². The first kappa shape index (κ1) is 13.6. The highest BCUT2D eigenvalue weighted by molar-refractivity contribution is 6.33. The van der Waals surface area contributed by atoms with Gasteiger partial charge in [-0.1, -0.05) is 11.6 Å². The number of anilines is 2. The summed E-state index contributed by atoms with van der Waals surface area (Å²) in [5.41, 5.74) is 6.11. The van der Waals surface area contributed by atoms with Crippen LogP contribution in [-0.4, -0.2) is 15.9 Å². The van der Waals surface area contributed by atoms with Crippen molar-refractivity contribution in [3.63, 3.8) is 0 Å². The summed E-state index contributed by atoms with van der Waals surface area (Å²) < 4.78 is 5.57. The van der Waals surface area contributed by atoms with Gasteiger partial charge < -0.3 is 15.8 Å². The van der Waals surface area contributed by atoms with Crippen LogP contribution in [0.4, 0.5) is 11.5 Å². The number of carbonyl (C=O) groups is 1. The number of nitrogens with two attached hydrogens (primary N) is 1. The zero-order valence-corrected chi connectivity index (χ0v) is 11.8. The number of hydrogen-bond acceptors (Lipinski definition) is 5. The number of halogens is 1. The molecule has 0 bridgehead atoms. The third-order valence-corrected chi connectivity index (χ3v) is 3.36. The lowest BCUT2D eigenvalue weighted by molar-refractivity contribution is -0.117. The highest BCUT2D eigenvalue weighted by Gasteiger charge is 2.29. The fraction of sp³-hybridized carbons (Fsp3) is 0.214. The van der Waals surface area contributed by atoms with E-state index in [0.717, 1.165) is 12.8 Å². The van der Waals surface area contributed by atoms with Gasteiger partial charge in [0.05, 0.1) is 10.7 Å². The quantitative estimate of drug-likeness (QED) is 0.848. The summed E-state index contributed by atoms with van der Waals surface area (Å²) in [5, 5.41) is 3.14. The van der Waals surface area contributed by atoms with Crippen LogP contribution in [0.2, 0.25) is 5.02 Å². The number of ether oxygens (including phenoxy) is 1. The van der Waals surface area contributed by atoms with Gasteiger partial charge in [-0.3, -0.25) is 4.79 Å². The minimum Gasteiger partial charge on any atom is -0.439 e. The molecule has 2 aromatic rings. The second kappa shape index (κ2) is 5.57. The minimum atomic E-state index is -0.0184. The number of nitrogens with one attached hydrogen (secondary N) is 1. The SMILES string of the molecule is Nc1ccc(Oc2cc(NC(=O)C3CC3)ncn2)cc1Cl. The number of rotatable bonds is 4. The molecule has 1 amide bonds. The van der Waals surface area contributed by atoms with Crippen molar-refractivity contribution in [3.05, 3.63) is 35.6 Å². The Hall–Kier alpha value is -2.34. The first-order valence-corrected chi connectivity index (χ1v) is 6.85. The van der Waals surface area contributed by atoms with E-state index in [1.165, 1.54) is 6.33 Å². The van der Waals surface area contributed by atoms with Gasteiger partial charge in [0, 0.05) is 18.1 Å². The molecule has 3 N–H and O–H groups in total. The molecule has 0 saturated heterocycles. The van der Waals surface area contributed by atoms with Crippen LogP contribution >= 0.6 is 11.6 Å². The molecule has 1 aliphatic rings. The third kappa shape index (κ3) is 3.41. The lowest BCUT2D eigenvalue weighted by Gasteiger charge is -2.08. The second-order valence-electron chi connectivity index (χ2n) is 4.79. The molecule has 3 rings (SSSR count). The first-order chi connectivity index (χ1) is 10.1. The van der Waals surface area contributed by atoms with E-state index in [1.54, 1.807) is 24.3 Å². The number of nitrogens with zero attached hydrogens (tertiary/aromatic N) is 2. The Morgan fingerprint density at radius 1 is 1.33 bits per heavy atom. The van der Waals surface area contributed by atoms with Gasteiger partial charge in [-0.2, -0.15) is 0 Å². The molecule has 7 heteroatoms. The smallest absolute Gasteiger partial charge is 0.228 e. The molecule has 1 aliphatic carbocycles. The van der Waals surface area contributed by atoms with Crippen LogP contribution in [0.5, 0.6) is 11.6 Å². The van der Waals surface area contributed by atoms with E-state index in [1.807, 2.05) is 0 Å². The van der Waals surface area contributed by atoms with Crippen LogP contribution in [0.25, 0.3) is 0 Å². The van der Waals surface area contributed by atoms with E-state index >= 15 is 0 Å². The predicted octanol–water partition coefficient (Wildman–Crippen LogP) is 2.85. The number of carbonyl (C=O) groups excluding carboxylic acids is 1. The Morgan fingerprint density at radius 2 is 2.14 bits per heavy atom. The molecule has 0 unspecified atom stereocenters. The van der Waals surface area contributed by atoms with Crippen LogP contribution in [0.15, 0.2) is 30.6 Å². The van der Waals surface area contributed by atoms with E-state index in [0.29, 0.717) is 28.2 Å².